The molecule has 0 saturated carbocycles. The van der Waals surface area contributed by atoms with Crippen molar-refractivity contribution in [2.24, 2.45) is 5.92 Å². The zero-order valence-corrected chi connectivity index (χ0v) is 12.9. The lowest BCUT2D eigenvalue weighted by Crippen LogP contribution is -2.48. The Hall–Kier alpha value is 0.355. The summed E-state index contributed by atoms with van der Waals surface area (Å²) in [6.07, 6.45) is -0.348. The molecule has 1 aliphatic rings. The standard InChI is InChI=1S/C11H22BNO4PS/c1-3-13-9(7(2)15)4-8(6-17-19-18-12)11(13)10(16)5-14/h8-12,14,16,18H,3-6H2,1-2H3/t8-,9+,10?,11+,18?/m0/s1/i12T,18D. The minimum Gasteiger partial charge on any atom is -0.394 e. The van der Waals surface area contributed by atoms with Crippen LogP contribution in [0, 0.1) is 5.92 Å². The number of ketones is 1. The Morgan fingerprint density at radius 1 is 1.89 bits per heavy atom. The van der Waals surface area contributed by atoms with Crippen LogP contribution in [-0.4, -0.2) is 69.0 Å². The molecule has 0 amide bonds. The Morgan fingerprint density at radius 2 is 2.63 bits per heavy atom. The van der Waals surface area contributed by atoms with Crippen LogP contribution in [0.3, 0.4) is 0 Å². The van der Waals surface area contributed by atoms with E-state index in [-0.39, 0.29) is 37.0 Å². The third-order valence-electron chi connectivity index (χ3n) is 3.59. The molecule has 0 aromatic rings. The third kappa shape index (κ3) is 4.41. The first-order valence-corrected chi connectivity index (χ1v) is 8.61. The van der Waals surface area contributed by atoms with Crippen molar-refractivity contribution in [2.45, 2.75) is 38.5 Å². The second kappa shape index (κ2) is 8.60. The number of hydrogen-bond acceptors (Lipinski definition) is 6. The van der Waals surface area contributed by atoms with Gasteiger partial charge in [0, 0.05) is 23.6 Å². The molecule has 1 radical (unpaired) electrons. The number of carbonyl (C=O) groups excluding carboxylic acids is 1. The summed E-state index contributed by atoms with van der Waals surface area (Å²) in [4.78, 5) is 13.7. The molecule has 0 spiro atoms. The Labute approximate surface area is 124 Å². The van der Waals surface area contributed by atoms with Crippen LogP contribution in [-0.2, 0) is 8.98 Å². The number of Topliss-reactive ketones (excluding diaryl/α,β-unsaturated/α-hetero) is 1. The monoisotopic (exact) mass is 309 g/mol. The first kappa shape index (κ1) is 14.3. The number of hydrogen-bond donors (Lipinski definition) is 2. The number of carbonyl (C=O) groups is 1. The first-order valence-electron chi connectivity index (χ1n) is 7.33. The van der Waals surface area contributed by atoms with Gasteiger partial charge in [0.15, 0.2) is 0 Å². The summed E-state index contributed by atoms with van der Waals surface area (Å²) in [6, 6.07) is -0.591. The molecule has 19 heavy (non-hydrogen) atoms. The van der Waals surface area contributed by atoms with Crippen molar-refractivity contribution >= 4 is 32.6 Å². The van der Waals surface area contributed by atoms with Crippen LogP contribution in [0.5, 0.6) is 0 Å². The molecule has 5 nitrogen and oxygen atoms in total. The van der Waals surface area contributed by atoms with Crippen LogP contribution in [0.25, 0.3) is 0 Å². The van der Waals surface area contributed by atoms with Crippen molar-refractivity contribution in [3.05, 3.63) is 0 Å². The van der Waals surface area contributed by atoms with Gasteiger partial charge in [0.05, 0.1) is 26.6 Å². The number of likely N-dealkylation sites (tertiary alicyclic amines) is 1. The second-order valence-corrected chi connectivity index (χ2v) is 6.33. The maximum atomic E-state index is 11.8. The highest BCUT2D eigenvalue weighted by atomic mass is 32.7. The van der Waals surface area contributed by atoms with E-state index >= 15 is 0 Å². The van der Waals surface area contributed by atoms with E-state index in [0.29, 0.717) is 13.0 Å². The quantitative estimate of drug-likeness (QED) is 0.357. The molecule has 2 unspecified atom stereocenters. The van der Waals surface area contributed by atoms with Gasteiger partial charge in [-0.3, -0.25) is 9.69 Å². The maximum absolute atomic E-state index is 11.8. The van der Waals surface area contributed by atoms with E-state index < -0.39 is 13.7 Å². The van der Waals surface area contributed by atoms with Gasteiger partial charge in [-0.1, -0.05) is 14.5 Å². The Bertz CT molecular complexity index is 347. The molecule has 0 aromatic heterocycles. The van der Waals surface area contributed by atoms with Crippen LogP contribution in [0.15, 0.2) is 0 Å². The molecule has 1 rings (SSSR count). The number of nitrogens with zero attached hydrogens (tertiary/aromatic N) is 1. The van der Waals surface area contributed by atoms with E-state index in [1.807, 2.05) is 11.8 Å². The van der Waals surface area contributed by atoms with Gasteiger partial charge in [0.25, 0.3) is 0 Å². The summed E-state index contributed by atoms with van der Waals surface area (Å²) in [6.45, 7) is 4.00. The lowest BCUT2D eigenvalue weighted by Gasteiger charge is -2.32. The Morgan fingerprint density at radius 3 is 3.16 bits per heavy atom. The molecule has 8 heteroatoms. The predicted molar refractivity (Wildman–Crippen MR) is 80.8 cm³/mol. The topological polar surface area (TPSA) is 70.0 Å². The third-order valence-corrected chi connectivity index (χ3v) is 4.49. The minimum absolute atomic E-state index is 0.0457. The lowest BCUT2D eigenvalue weighted by molar-refractivity contribution is -0.122. The van der Waals surface area contributed by atoms with Crippen molar-refractivity contribution in [1.29, 1.82) is 2.61 Å². The van der Waals surface area contributed by atoms with Gasteiger partial charge in [-0.05, 0) is 21.2 Å². The summed E-state index contributed by atoms with van der Waals surface area (Å²) in [5.41, 5.74) is 0. The zero-order valence-electron chi connectivity index (χ0n) is 13.2. The highest BCUT2D eigenvalue weighted by Gasteiger charge is 2.45. The number of rotatable bonds is 9. The van der Waals surface area contributed by atoms with Crippen LogP contribution < -0.4 is 0 Å². The van der Waals surface area contributed by atoms with E-state index in [1.165, 1.54) is 6.92 Å². The van der Waals surface area contributed by atoms with Crippen LogP contribution >= 0.6 is 19.3 Å². The van der Waals surface area contributed by atoms with Gasteiger partial charge in [0.1, 0.15) is 13.3 Å². The van der Waals surface area contributed by atoms with E-state index in [2.05, 4.69) is 0 Å². The summed E-state index contributed by atoms with van der Waals surface area (Å²) in [7, 11) is -0.343. The van der Waals surface area contributed by atoms with Crippen LogP contribution in [0.4, 0.5) is 0 Å². The maximum Gasteiger partial charge on any atom is 0.146 e. The van der Waals surface area contributed by atoms with E-state index in [0.717, 1.165) is 19.2 Å². The van der Waals surface area contributed by atoms with Crippen molar-refractivity contribution in [1.82, 2.24) is 4.90 Å². The summed E-state index contributed by atoms with van der Waals surface area (Å²) < 4.78 is 19.8. The fourth-order valence-corrected chi connectivity index (χ4v) is 3.49. The highest BCUT2D eigenvalue weighted by Crippen LogP contribution is 2.35. The van der Waals surface area contributed by atoms with Crippen LogP contribution in [0.2, 0.25) is 0 Å². The zero-order chi connectivity index (χ0) is 16.0. The number of aliphatic hydroxyl groups excluding tert-OH is 2. The molecular formula is C11H22BNO4PS. The first-order chi connectivity index (χ1) is 9.96. The Balaban J connectivity index is 2.72. The molecular weight excluding hydrogens is 284 g/mol. The molecule has 0 bridgehead atoms. The summed E-state index contributed by atoms with van der Waals surface area (Å²) >= 11 is 0.944. The molecule has 1 aliphatic heterocycles. The smallest absolute Gasteiger partial charge is 0.146 e. The van der Waals surface area contributed by atoms with Gasteiger partial charge in [-0.25, -0.2) is 0 Å². The molecule has 1 saturated heterocycles. The summed E-state index contributed by atoms with van der Waals surface area (Å²) in [5.74, 6) is -0.0352. The van der Waals surface area contributed by atoms with Crippen LogP contribution in [0.1, 0.15) is 20.3 Å². The van der Waals surface area contributed by atoms with E-state index in [1.54, 1.807) is 0 Å². The Kier molecular flexibility index (Phi) is 6.47. The van der Waals surface area contributed by atoms with Crippen molar-refractivity contribution < 1.29 is 19.2 Å². The molecule has 0 aromatic carbocycles. The normalized spacial score (nSPS) is 32.5. The van der Waals surface area contributed by atoms with Gasteiger partial charge in [-0.15, -0.1) is 0 Å². The summed E-state index contributed by atoms with van der Waals surface area (Å²) in [5, 5.41) is 19.3. The molecule has 5 atom stereocenters. The SMILES string of the molecule is [2H]P([B][3H])SOC[C@@H]1C[C@H](C(C)=O)N(CC)[C@H]1C(O)CO. The molecule has 109 valence electrons. The fourth-order valence-electron chi connectivity index (χ4n) is 2.83. The van der Waals surface area contributed by atoms with Gasteiger partial charge >= 0.3 is 0 Å². The predicted octanol–water partition coefficient (Wildman–Crippen LogP) is 0.0817. The minimum atomic E-state index is -1.38. The van der Waals surface area contributed by atoms with E-state index in [4.69, 9.17) is 6.80 Å². The van der Waals surface area contributed by atoms with Crippen molar-refractivity contribution in [3.63, 3.8) is 0 Å². The van der Waals surface area contributed by atoms with Crippen molar-refractivity contribution in [3.8, 4) is 0 Å². The van der Waals surface area contributed by atoms with Gasteiger partial charge < -0.3 is 14.4 Å². The fraction of sp³-hybridized carbons (Fsp3) is 0.909. The largest absolute Gasteiger partial charge is 0.394 e. The van der Waals surface area contributed by atoms with E-state index in [9.17, 15) is 15.0 Å². The molecule has 2 N–H and O–H groups in total. The highest BCUT2D eigenvalue weighted by molar-refractivity contribution is 8.53. The van der Waals surface area contributed by atoms with Gasteiger partial charge in [0.2, 0.25) is 0 Å². The average molecular weight is 309 g/mol. The lowest BCUT2D eigenvalue weighted by atomic mass is 9.95. The van der Waals surface area contributed by atoms with Gasteiger partial charge in [-0.2, -0.15) is 0 Å². The number of aliphatic hydroxyl groups is 2. The second-order valence-electron chi connectivity index (χ2n) is 4.66. The molecule has 1 fully saturated rings. The average Bonchev–Trinajstić information content (AvgIpc) is 2.84. The molecule has 0 aliphatic carbocycles. The van der Waals surface area contributed by atoms with Crippen molar-refractivity contribution in [2.75, 3.05) is 19.8 Å². The number of likely N-dealkylation sites (N-methyl/N-ethyl adjacent to an activating group) is 1. The molecule has 1 heterocycles.